The van der Waals surface area contributed by atoms with E-state index >= 15 is 0 Å². The number of aryl methyl sites for hydroxylation is 1. The minimum absolute atomic E-state index is 0.0351. The normalized spacial score (nSPS) is 14.5. The molecule has 156 valence electrons. The van der Waals surface area contributed by atoms with Crippen molar-refractivity contribution in [2.45, 2.75) is 19.8 Å². The Balaban J connectivity index is 1.56. The van der Waals surface area contributed by atoms with Gasteiger partial charge in [0.05, 0.1) is 26.2 Å². The van der Waals surface area contributed by atoms with Gasteiger partial charge in [-0.05, 0) is 18.9 Å². The number of anilines is 1. The summed E-state index contributed by atoms with van der Waals surface area (Å²) in [5, 5.41) is 3.37. The van der Waals surface area contributed by atoms with Gasteiger partial charge in [-0.15, -0.1) is 11.3 Å². The Labute approximate surface area is 175 Å². The molecule has 8 heteroatoms. The zero-order valence-corrected chi connectivity index (χ0v) is 17.6. The van der Waals surface area contributed by atoms with Crippen molar-refractivity contribution >= 4 is 28.3 Å². The minimum atomic E-state index is -0.216. The maximum absolute atomic E-state index is 12.9. The molecule has 0 aliphatic carbocycles. The number of ether oxygens (including phenoxy) is 1. The fourth-order valence-corrected chi connectivity index (χ4v) is 3.91. The van der Waals surface area contributed by atoms with Crippen LogP contribution in [0.4, 0.5) is 5.13 Å². The molecule has 1 aromatic heterocycles. The number of hydrogen-bond acceptors (Lipinski definition) is 6. The number of carbonyl (C=O) groups excluding carboxylic acids is 2. The third-order valence-corrected chi connectivity index (χ3v) is 5.59. The van der Waals surface area contributed by atoms with Gasteiger partial charge in [-0.3, -0.25) is 14.5 Å². The number of carbonyl (C=O) groups is 2. The summed E-state index contributed by atoms with van der Waals surface area (Å²) >= 11 is 1.43. The molecule has 1 saturated heterocycles. The highest BCUT2D eigenvalue weighted by Crippen LogP contribution is 2.16. The second-order valence-electron chi connectivity index (χ2n) is 7.11. The molecule has 2 heterocycles. The number of morpholine rings is 1. The van der Waals surface area contributed by atoms with Crippen LogP contribution in [0.15, 0.2) is 36.5 Å². The van der Waals surface area contributed by atoms with Crippen molar-refractivity contribution in [1.29, 1.82) is 0 Å². The number of thiazole rings is 1. The molecule has 0 unspecified atom stereocenters. The lowest BCUT2D eigenvalue weighted by molar-refractivity contribution is -0.134. The second-order valence-corrected chi connectivity index (χ2v) is 8.34. The average Bonchev–Trinajstić information content (AvgIpc) is 3.13. The standard InChI is InChI=1S/C21H28N4O3S/c1-17-15-22-21(29-17)23-19(26)16-25(9-5-8-24-10-12-28-13-11-24)20(27)14-18-6-3-2-4-7-18/h2-4,6-7,15H,5,8-14,16H2,1H3,(H,22,23,26). The molecule has 1 aromatic carbocycles. The van der Waals surface area contributed by atoms with Crippen LogP contribution in [0.1, 0.15) is 16.9 Å². The molecule has 3 rings (SSSR count). The zero-order chi connectivity index (χ0) is 20.5. The SMILES string of the molecule is Cc1cnc(NC(=O)CN(CCCN2CCOCC2)C(=O)Cc2ccccc2)s1. The van der Waals surface area contributed by atoms with Crippen molar-refractivity contribution in [1.82, 2.24) is 14.8 Å². The largest absolute Gasteiger partial charge is 0.379 e. The molecule has 29 heavy (non-hydrogen) atoms. The Bertz CT molecular complexity index is 790. The van der Waals surface area contributed by atoms with E-state index < -0.39 is 0 Å². The van der Waals surface area contributed by atoms with Crippen LogP contribution in [0.25, 0.3) is 0 Å². The predicted octanol–water partition coefficient (Wildman–Crippen LogP) is 2.18. The third kappa shape index (κ3) is 7.23. The Morgan fingerprint density at radius 2 is 2.00 bits per heavy atom. The van der Waals surface area contributed by atoms with Crippen molar-refractivity contribution in [3.05, 3.63) is 47.0 Å². The van der Waals surface area contributed by atoms with Crippen LogP contribution in [0, 0.1) is 6.92 Å². The van der Waals surface area contributed by atoms with Crippen molar-refractivity contribution in [2.24, 2.45) is 0 Å². The van der Waals surface area contributed by atoms with Gasteiger partial charge in [0.2, 0.25) is 11.8 Å². The lowest BCUT2D eigenvalue weighted by atomic mass is 10.1. The quantitative estimate of drug-likeness (QED) is 0.678. The highest BCUT2D eigenvalue weighted by atomic mass is 32.1. The maximum atomic E-state index is 12.9. The molecule has 0 saturated carbocycles. The van der Waals surface area contributed by atoms with Crippen LogP contribution in [0.2, 0.25) is 0 Å². The summed E-state index contributed by atoms with van der Waals surface area (Å²) in [6, 6.07) is 9.63. The van der Waals surface area contributed by atoms with Crippen molar-refractivity contribution in [3.63, 3.8) is 0 Å². The first-order valence-corrected chi connectivity index (χ1v) is 10.8. The summed E-state index contributed by atoms with van der Waals surface area (Å²) in [5.41, 5.74) is 0.951. The molecule has 1 aliphatic rings. The van der Waals surface area contributed by atoms with Gasteiger partial charge in [0, 0.05) is 37.3 Å². The molecule has 2 aromatic rings. The van der Waals surface area contributed by atoms with Crippen LogP contribution in [-0.4, -0.2) is 72.5 Å². The molecule has 2 amide bonds. The summed E-state index contributed by atoms with van der Waals surface area (Å²) < 4.78 is 5.38. The van der Waals surface area contributed by atoms with E-state index in [4.69, 9.17) is 4.74 Å². The van der Waals surface area contributed by atoms with Crippen LogP contribution in [0.3, 0.4) is 0 Å². The van der Waals surface area contributed by atoms with E-state index in [1.807, 2.05) is 37.3 Å². The monoisotopic (exact) mass is 416 g/mol. The Hall–Kier alpha value is -2.29. The van der Waals surface area contributed by atoms with E-state index in [1.165, 1.54) is 11.3 Å². The van der Waals surface area contributed by atoms with Crippen LogP contribution in [0.5, 0.6) is 0 Å². The molecule has 0 atom stereocenters. The molecule has 1 N–H and O–H groups in total. The summed E-state index contributed by atoms with van der Waals surface area (Å²) in [6.45, 7) is 6.77. The Morgan fingerprint density at radius 3 is 2.69 bits per heavy atom. The first-order chi connectivity index (χ1) is 14.1. The number of amides is 2. The number of rotatable bonds is 9. The van der Waals surface area contributed by atoms with E-state index in [9.17, 15) is 9.59 Å². The highest BCUT2D eigenvalue weighted by Gasteiger charge is 2.19. The van der Waals surface area contributed by atoms with E-state index in [-0.39, 0.29) is 18.4 Å². The average molecular weight is 417 g/mol. The smallest absolute Gasteiger partial charge is 0.245 e. The Kier molecular flexibility index (Phi) is 8.15. The summed E-state index contributed by atoms with van der Waals surface area (Å²) in [7, 11) is 0. The van der Waals surface area contributed by atoms with E-state index in [1.54, 1.807) is 11.1 Å². The first kappa shape index (κ1) is 21.4. The van der Waals surface area contributed by atoms with Gasteiger partial charge in [-0.25, -0.2) is 4.98 Å². The van der Waals surface area contributed by atoms with Gasteiger partial charge >= 0.3 is 0 Å². The van der Waals surface area contributed by atoms with E-state index in [0.717, 1.165) is 49.7 Å². The fraction of sp³-hybridized carbons (Fsp3) is 0.476. The number of hydrogen-bond donors (Lipinski definition) is 1. The lowest BCUT2D eigenvalue weighted by Crippen LogP contribution is -2.42. The van der Waals surface area contributed by atoms with Crippen LogP contribution in [-0.2, 0) is 20.7 Å². The van der Waals surface area contributed by atoms with Gasteiger partial charge in [-0.1, -0.05) is 30.3 Å². The first-order valence-electron chi connectivity index (χ1n) is 9.94. The summed E-state index contributed by atoms with van der Waals surface area (Å²) in [5.74, 6) is -0.254. The molecular formula is C21H28N4O3S. The van der Waals surface area contributed by atoms with Gasteiger partial charge in [0.25, 0.3) is 0 Å². The van der Waals surface area contributed by atoms with Crippen LogP contribution >= 0.6 is 11.3 Å². The van der Waals surface area contributed by atoms with Gasteiger partial charge < -0.3 is 15.0 Å². The fourth-order valence-electron chi connectivity index (χ4n) is 3.23. The van der Waals surface area contributed by atoms with Crippen molar-refractivity contribution in [2.75, 3.05) is 51.3 Å². The molecule has 0 spiro atoms. The van der Waals surface area contributed by atoms with E-state index in [0.29, 0.717) is 18.1 Å². The molecule has 0 radical (unpaired) electrons. The second kappa shape index (κ2) is 11.0. The highest BCUT2D eigenvalue weighted by molar-refractivity contribution is 7.15. The van der Waals surface area contributed by atoms with Gasteiger partial charge in [0.1, 0.15) is 0 Å². The number of nitrogens with zero attached hydrogens (tertiary/aromatic N) is 3. The topological polar surface area (TPSA) is 74.8 Å². The minimum Gasteiger partial charge on any atom is -0.379 e. The third-order valence-electron chi connectivity index (χ3n) is 4.76. The van der Waals surface area contributed by atoms with Crippen molar-refractivity contribution < 1.29 is 14.3 Å². The lowest BCUT2D eigenvalue weighted by Gasteiger charge is -2.28. The molecule has 1 fully saturated rings. The number of aromatic nitrogens is 1. The summed E-state index contributed by atoms with van der Waals surface area (Å²) in [4.78, 5) is 34.6. The molecule has 1 aliphatic heterocycles. The van der Waals surface area contributed by atoms with Gasteiger partial charge in [-0.2, -0.15) is 0 Å². The molecule has 0 bridgehead atoms. The summed E-state index contributed by atoms with van der Waals surface area (Å²) in [6.07, 6.45) is 2.84. The van der Waals surface area contributed by atoms with E-state index in [2.05, 4.69) is 15.2 Å². The zero-order valence-electron chi connectivity index (χ0n) is 16.8. The predicted molar refractivity (Wildman–Crippen MR) is 114 cm³/mol. The molecular weight excluding hydrogens is 388 g/mol. The van der Waals surface area contributed by atoms with Crippen molar-refractivity contribution in [3.8, 4) is 0 Å². The number of nitrogens with one attached hydrogen (secondary N) is 1. The van der Waals surface area contributed by atoms with Gasteiger partial charge in [0.15, 0.2) is 5.13 Å². The van der Waals surface area contributed by atoms with Crippen LogP contribution < -0.4 is 5.32 Å². The Morgan fingerprint density at radius 1 is 1.24 bits per heavy atom. The molecule has 7 nitrogen and oxygen atoms in total. The number of benzene rings is 1. The maximum Gasteiger partial charge on any atom is 0.245 e.